The maximum Gasteiger partial charge on any atom is 0.417 e. The molecule has 0 radical (unpaired) electrons. The van der Waals surface area contributed by atoms with E-state index < -0.39 is 35.7 Å². The maximum absolute atomic E-state index is 12.7. The number of aromatic nitrogens is 2. The van der Waals surface area contributed by atoms with E-state index in [1.165, 1.54) is 0 Å². The fourth-order valence-corrected chi connectivity index (χ4v) is 3.74. The molecular formula is C14H13F3N4O3S2. The van der Waals surface area contributed by atoms with Gasteiger partial charge in [0.15, 0.2) is 5.13 Å². The van der Waals surface area contributed by atoms with Crippen molar-refractivity contribution in [2.45, 2.75) is 23.9 Å². The van der Waals surface area contributed by atoms with Gasteiger partial charge in [-0.2, -0.15) is 13.2 Å². The summed E-state index contributed by atoms with van der Waals surface area (Å²) in [5, 5.41) is 2.63. The lowest BCUT2D eigenvalue weighted by Gasteiger charge is -2.10. The molecule has 0 aliphatic rings. The van der Waals surface area contributed by atoms with E-state index in [0.717, 1.165) is 29.2 Å². The first kappa shape index (κ1) is 20.0. The Morgan fingerprint density at radius 1 is 1.38 bits per heavy atom. The van der Waals surface area contributed by atoms with Crippen molar-refractivity contribution in [1.82, 2.24) is 9.55 Å². The zero-order valence-corrected chi connectivity index (χ0v) is 14.9. The van der Waals surface area contributed by atoms with Crippen LogP contribution in [0.15, 0.2) is 27.3 Å². The fourth-order valence-electron chi connectivity index (χ4n) is 1.84. The summed E-state index contributed by atoms with van der Waals surface area (Å²) in [6, 6.07) is 1.41. The van der Waals surface area contributed by atoms with Gasteiger partial charge in [-0.05, 0) is 13.0 Å². The molecule has 140 valence electrons. The first-order chi connectivity index (χ1) is 12.1. The molecule has 0 spiro atoms. The number of pyridine rings is 1. The Morgan fingerprint density at radius 3 is 2.69 bits per heavy atom. The molecule has 0 atom stereocenters. The van der Waals surface area contributed by atoms with Crippen LogP contribution in [0.4, 0.5) is 18.3 Å². The van der Waals surface area contributed by atoms with Gasteiger partial charge in [0.1, 0.15) is 6.54 Å². The number of amides is 2. The highest BCUT2D eigenvalue weighted by atomic mass is 32.2. The lowest BCUT2D eigenvalue weighted by molar-refractivity contribution is -0.138. The average Bonchev–Trinajstić information content (AvgIpc) is 2.85. The third-order valence-electron chi connectivity index (χ3n) is 2.97. The summed E-state index contributed by atoms with van der Waals surface area (Å²) in [4.78, 5) is 38.6. The first-order valence-electron chi connectivity index (χ1n) is 7.02. The lowest BCUT2D eigenvalue weighted by atomic mass is 10.3. The van der Waals surface area contributed by atoms with Crippen molar-refractivity contribution < 1.29 is 22.8 Å². The largest absolute Gasteiger partial charge is 0.417 e. The zero-order chi connectivity index (χ0) is 19.5. The molecule has 0 saturated carbocycles. The van der Waals surface area contributed by atoms with Crippen LogP contribution >= 0.6 is 23.1 Å². The number of primary amides is 1. The Hall–Kier alpha value is -2.34. The number of nitrogens with two attached hydrogens (primary N) is 1. The monoisotopic (exact) mass is 406 g/mol. The molecule has 26 heavy (non-hydrogen) atoms. The summed E-state index contributed by atoms with van der Waals surface area (Å²) in [6.45, 7) is 1.08. The Morgan fingerprint density at radius 2 is 2.08 bits per heavy atom. The molecule has 12 heteroatoms. The number of anilines is 1. The summed E-state index contributed by atoms with van der Waals surface area (Å²) >= 11 is 2.26. The third-order valence-corrected chi connectivity index (χ3v) is 5.43. The second-order valence-corrected chi connectivity index (χ2v) is 7.32. The Balaban J connectivity index is 2.09. The van der Waals surface area contributed by atoms with Crippen molar-refractivity contribution in [2.75, 3.05) is 11.1 Å². The van der Waals surface area contributed by atoms with E-state index in [2.05, 4.69) is 10.3 Å². The molecule has 2 aromatic rings. The van der Waals surface area contributed by atoms with Gasteiger partial charge in [0.25, 0.3) is 5.56 Å². The molecule has 7 nitrogen and oxygen atoms in total. The number of thioether (sulfide) groups is 1. The van der Waals surface area contributed by atoms with E-state index in [1.54, 1.807) is 6.92 Å². The molecule has 2 rings (SSSR count). The van der Waals surface area contributed by atoms with Crippen LogP contribution in [0.2, 0.25) is 0 Å². The van der Waals surface area contributed by atoms with Gasteiger partial charge in [-0.25, -0.2) is 4.98 Å². The van der Waals surface area contributed by atoms with Gasteiger partial charge in [-0.15, -0.1) is 11.8 Å². The number of carbonyl (C=O) groups is 2. The van der Waals surface area contributed by atoms with Gasteiger partial charge in [0.2, 0.25) is 11.8 Å². The second-order valence-electron chi connectivity index (χ2n) is 5.08. The molecule has 0 aliphatic carbocycles. The smallest absolute Gasteiger partial charge is 0.369 e. The number of rotatable bonds is 6. The van der Waals surface area contributed by atoms with Crippen LogP contribution < -0.4 is 16.6 Å². The fraction of sp³-hybridized carbons (Fsp3) is 0.286. The lowest BCUT2D eigenvalue weighted by Crippen LogP contribution is -2.28. The Labute approximate surface area is 153 Å². The van der Waals surface area contributed by atoms with Gasteiger partial charge in [-0.1, -0.05) is 11.3 Å². The number of nitrogens with zero attached hydrogens (tertiary/aromatic N) is 2. The van der Waals surface area contributed by atoms with Crippen molar-refractivity contribution >= 4 is 40.0 Å². The standard InChI is InChI=1S/C14H13F3N4O3S2/c1-7-12(25-6-9(18)22)26-13(19-7)20-10(23)5-21-4-8(14(15,16)17)2-3-11(21)24/h2-4H,5-6H2,1H3,(H2,18,22)(H,19,20,23). The molecule has 3 N–H and O–H groups in total. The number of thiazole rings is 1. The van der Waals surface area contributed by atoms with Crippen LogP contribution in [0.1, 0.15) is 11.3 Å². The van der Waals surface area contributed by atoms with Crippen LogP contribution in [-0.2, 0) is 22.3 Å². The van der Waals surface area contributed by atoms with Gasteiger partial charge in [-0.3, -0.25) is 14.4 Å². The third kappa shape index (κ3) is 5.33. The van der Waals surface area contributed by atoms with E-state index in [-0.39, 0.29) is 10.9 Å². The second kappa shape index (κ2) is 7.91. The predicted molar refractivity (Wildman–Crippen MR) is 91.1 cm³/mol. The molecule has 2 aromatic heterocycles. The summed E-state index contributed by atoms with van der Waals surface area (Å²) in [6.07, 6.45) is -4.03. The molecule has 0 unspecified atom stereocenters. The van der Waals surface area contributed by atoms with E-state index in [1.807, 2.05) is 0 Å². The number of hydrogen-bond acceptors (Lipinski definition) is 6. The minimum Gasteiger partial charge on any atom is -0.369 e. The van der Waals surface area contributed by atoms with E-state index >= 15 is 0 Å². The molecule has 2 heterocycles. The van der Waals surface area contributed by atoms with Crippen molar-refractivity contribution in [1.29, 1.82) is 0 Å². The van der Waals surface area contributed by atoms with Crippen molar-refractivity contribution in [2.24, 2.45) is 5.73 Å². The van der Waals surface area contributed by atoms with Gasteiger partial charge < -0.3 is 15.6 Å². The summed E-state index contributed by atoms with van der Waals surface area (Å²) < 4.78 is 39.4. The molecule has 0 bridgehead atoms. The summed E-state index contributed by atoms with van der Waals surface area (Å²) in [7, 11) is 0. The van der Waals surface area contributed by atoms with E-state index in [4.69, 9.17) is 5.73 Å². The van der Waals surface area contributed by atoms with Crippen LogP contribution in [-0.4, -0.2) is 27.1 Å². The summed E-state index contributed by atoms with van der Waals surface area (Å²) in [5.74, 6) is -1.15. The van der Waals surface area contributed by atoms with Crippen molar-refractivity contribution in [3.63, 3.8) is 0 Å². The molecular weight excluding hydrogens is 393 g/mol. The molecule has 0 aromatic carbocycles. The van der Waals surface area contributed by atoms with Crippen LogP contribution in [0.5, 0.6) is 0 Å². The summed E-state index contributed by atoms with van der Waals surface area (Å²) in [5.41, 5.74) is 3.88. The number of nitrogens with one attached hydrogen (secondary N) is 1. The maximum atomic E-state index is 12.7. The Bertz CT molecular complexity index is 892. The van der Waals surface area contributed by atoms with Gasteiger partial charge in [0, 0.05) is 12.3 Å². The SMILES string of the molecule is Cc1nc(NC(=O)Cn2cc(C(F)(F)F)ccc2=O)sc1SCC(N)=O. The van der Waals surface area contributed by atoms with Crippen molar-refractivity contribution in [3.05, 3.63) is 39.9 Å². The number of halogens is 3. The van der Waals surface area contributed by atoms with Gasteiger partial charge in [0.05, 0.1) is 21.2 Å². The zero-order valence-electron chi connectivity index (χ0n) is 13.3. The average molecular weight is 406 g/mol. The van der Waals surface area contributed by atoms with Gasteiger partial charge >= 0.3 is 6.18 Å². The van der Waals surface area contributed by atoms with E-state index in [0.29, 0.717) is 26.7 Å². The first-order valence-corrected chi connectivity index (χ1v) is 8.82. The predicted octanol–water partition coefficient (Wildman–Crippen LogP) is 1.85. The minimum atomic E-state index is -4.62. The quantitative estimate of drug-likeness (QED) is 0.712. The highest BCUT2D eigenvalue weighted by molar-refractivity contribution is 8.01. The van der Waals surface area contributed by atoms with Crippen molar-refractivity contribution in [3.8, 4) is 0 Å². The molecule has 0 saturated heterocycles. The van der Waals surface area contributed by atoms with E-state index in [9.17, 15) is 27.6 Å². The number of aryl methyl sites for hydroxylation is 1. The number of carbonyl (C=O) groups excluding carboxylic acids is 2. The molecule has 0 fully saturated rings. The molecule has 2 amide bonds. The highest BCUT2D eigenvalue weighted by Crippen LogP contribution is 2.32. The Kier molecular flexibility index (Phi) is 6.08. The molecule has 0 aliphatic heterocycles. The van der Waals surface area contributed by atoms with Crippen LogP contribution in [0.3, 0.4) is 0 Å². The van der Waals surface area contributed by atoms with Crippen LogP contribution in [0, 0.1) is 6.92 Å². The minimum absolute atomic E-state index is 0.0516. The number of hydrogen-bond donors (Lipinski definition) is 2. The highest BCUT2D eigenvalue weighted by Gasteiger charge is 2.31. The number of alkyl halides is 3. The van der Waals surface area contributed by atoms with Crippen LogP contribution in [0.25, 0.3) is 0 Å². The normalized spacial score (nSPS) is 11.4. The topological polar surface area (TPSA) is 107 Å².